The Balaban J connectivity index is 0.00000280. The van der Waals surface area contributed by atoms with Crippen LogP contribution >= 0.6 is 0 Å². The quantitative estimate of drug-likeness (QED) is 0.726. The molecular weight excluding hydrogens is 338 g/mol. The number of nitrogens with one attached hydrogen (secondary N) is 1. The Morgan fingerprint density at radius 2 is 1.70 bits per heavy atom. The molecule has 5 heteroatoms. The highest BCUT2D eigenvalue weighted by atomic mass is 16.5. The number of carbonyl (C=O) groups excluding carboxylic acids is 1. The molecule has 0 radical (unpaired) electrons. The van der Waals surface area contributed by atoms with Crippen LogP contribution in [0.5, 0.6) is 5.75 Å². The number of benzene rings is 2. The summed E-state index contributed by atoms with van der Waals surface area (Å²) in [5.41, 5.74) is 1.91. The third-order valence-corrected chi connectivity index (χ3v) is 5.02. The maximum Gasteiger partial charge on any atom is 0.251 e. The molecule has 3 rings (SSSR count). The van der Waals surface area contributed by atoms with Crippen LogP contribution in [-0.4, -0.2) is 57.2 Å². The Hall–Kier alpha value is -2.53. The number of carbonyl (C=O) groups is 1. The Morgan fingerprint density at radius 1 is 1.00 bits per heavy atom. The highest BCUT2D eigenvalue weighted by molar-refractivity contribution is 5.94. The molecule has 0 unspecified atom stereocenters. The molecule has 1 saturated heterocycles. The van der Waals surface area contributed by atoms with Gasteiger partial charge in [-0.15, -0.1) is 0 Å². The Labute approximate surface area is 163 Å². The normalized spacial score (nSPS) is 14.8. The van der Waals surface area contributed by atoms with E-state index in [1.54, 1.807) is 7.11 Å². The fraction of sp³-hybridized carbons (Fsp3) is 0.409. The number of nitrogens with zero attached hydrogens (tertiary/aromatic N) is 2. The number of hydrogen-bond donors (Lipinski definition) is 1. The summed E-state index contributed by atoms with van der Waals surface area (Å²) in [5, 5.41) is 3.00. The van der Waals surface area contributed by atoms with Crippen LogP contribution in [0.2, 0.25) is 0 Å². The van der Waals surface area contributed by atoms with Gasteiger partial charge < -0.3 is 15.0 Å². The molecule has 1 aliphatic heterocycles. The van der Waals surface area contributed by atoms with Crippen molar-refractivity contribution in [2.75, 3.05) is 51.3 Å². The third kappa shape index (κ3) is 5.47. The first-order valence-electron chi connectivity index (χ1n) is 9.71. The van der Waals surface area contributed by atoms with Gasteiger partial charge in [0.15, 0.2) is 0 Å². The molecule has 1 N–H and O–H groups in total. The molecule has 2 aromatic rings. The van der Waals surface area contributed by atoms with Crippen molar-refractivity contribution < 1.29 is 11.0 Å². The highest BCUT2D eigenvalue weighted by Crippen LogP contribution is 2.28. The van der Waals surface area contributed by atoms with Gasteiger partial charge in [0.25, 0.3) is 5.91 Å². The average Bonchev–Trinajstić information content (AvgIpc) is 2.74. The van der Waals surface area contributed by atoms with Gasteiger partial charge in [0.2, 0.25) is 0 Å². The Bertz CT molecular complexity index is 719. The van der Waals surface area contributed by atoms with Crippen LogP contribution in [-0.2, 0) is 0 Å². The summed E-state index contributed by atoms with van der Waals surface area (Å²) >= 11 is 0. The zero-order valence-corrected chi connectivity index (χ0v) is 16.1. The third-order valence-electron chi connectivity index (χ3n) is 5.02. The van der Waals surface area contributed by atoms with Crippen molar-refractivity contribution in [1.29, 1.82) is 0 Å². The maximum atomic E-state index is 12.0. The minimum absolute atomic E-state index is 0. The van der Waals surface area contributed by atoms with Crippen molar-refractivity contribution in [3.8, 4) is 5.75 Å². The number of unbranched alkanes of at least 4 members (excludes halogenated alkanes) is 1. The first-order valence-corrected chi connectivity index (χ1v) is 9.71. The van der Waals surface area contributed by atoms with Crippen LogP contribution in [0.25, 0.3) is 0 Å². The lowest BCUT2D eigenvalue weighted by Crippen LogP contribution is -2.46. The number of hydrogen-bond acceptors (Lipinski definition) is 4. The van der Waals surface area contributed by atoms with E-state index in [-0.39, 0.29) is 7.33 Å². The molecule has 0 aliphatic carbocycles. The highest BCUT2D eigenvalue weighted by Gasteiger charge is 2.19. The van der Waals surface area contributed by atoms with Crippen molar-refractivity contribution >= 4 is 11.6 Å². The van der Waals surface area contributed by atoms with Crippen LogP contribution in [0.15, 0.2) is 54.6 Å². The van der Waals surface area contributed by atoms with E-state index < -0.39 is 0 Å². The van der Waals surface area contributed by atoms with Crippen LogP contribution in [0, 0.1) is 0 Å². The molecule has 5 nitrogen and oxygen atoms in total. The fourth-order valence-corrected chi connectivity index (χ4v) is 3.46. The van der Waals surface area contributed by atoms with Crippen LogP contribution in [0.4, 0.5) is 5.69 Å². The molecule has 1 aliphatic rings. The van der Waals surface area contributed by atoms with Crippen molar-refractivity contribution in [2.24, 2.45) is 0 Å². The summed E-state index contributed by atoms with van der Waals surface area (Å²) in [5.74, 6) is 0.959. The zero-order chi connectivity index (χ0) is 18.9. The van der Waals surface area contributed by atoms with Gasteiger partial charge in [0, 0.05) is 39.7 Å². The van der Waals surface area contributed by atoms with E-state index in [2.05, 4.69) is 27.2 Å². The van der Waals surface area contributed by atoms with Crippen molar-refractivity contribution in [3.05, 3.63) is 60.2 Å². The van der Waals surface area contributed by atoms with Gasteiger partial charge in [-0.2, -0.15) is 0 Å². The second-order valence-electron chi connectivity index (χ2n) is 6.83. The van der Waals surface area contributed by atoms with Crippen LogP contribution in [0.3, 0.4) is 0 Å². The van der Waals surface area contributed by atoms with Crippen LogP contribution < -0.4 is 15.0 Å². The van der Waals surface area contributed by atoms with Gasteiger partial charge >= 0.3 is 0 Å². The van der Waals surface area contributed by atoms with Gasteiger partial charge in [-0.3, -0.25) is 9.69 Å². The molecule has 0 spiro atoms. The fourth-order valence-electron chi connectivity index (χ4n) is 3.46. The number of anilines is 1. The van der Waals surface area contributed by atoms with Crippen molar-refractivity contribution in [3.63, 3.8) is 0 Å². The molecular formula is C22H31N3O2. The van der Waals surface area contributed by atoms with E-state index >= 15 is 0 Å². The maximum absolute atomic E-state index is 12.0. The summed E-state index contributed by atoms with van der Waals surface area (Å²) in [7, 11) is 1.73. The van der Waals surface area contributed by atoms with Gasteiger partial charge in [-0.1, -0.05) is 30.3 Å². The molecule has 1 heterocycles. The Morgan fingerprint density at radius 3 is 2.44 bits per heavy atom. The van der Waals surface area contributed by atoms with E-state index in [4.69, 9.17) is 4.74 Å². The lowest BCUT2D eigenvalue weighted by molar-refractivity contribution is 0.0952. The predicted octanol–water partition coefficient (Wildman–Crippen LogP) is 3.27. The van der Waals surface area contributed by atoms with E-state index in [1.165, 1.54) is 5.69 Å². The van der Waals surface area contributed by atoms with Gasteiger partial charge in [0.1, 0.15) is 5.75 Å². The number of para-hydroxylation sites is 2. The second kappa shape index (κ2) is 9.97. The number of ether oxygens (including phenoxy) is 1. The monoisotopic (exact) mass is 369 g/mol. The summed E-state index contributed by atoms with van der Waals surface area (Å²) in [6.45, 7) is 5.98. The molecule has 1 amide bonds. The number of piperazine rings is 1. The summed E-state index contributed by atoms with van der Waals surface area (Å²) in [6.07, 6.45) is 2.11. The first-order chi connectivity index (χ1) is 13.3. The van der Waals surface area contributed by atoms with Crippen molar-refractivity contribution in [2.45, 2.75) is 12.8 Å². The standard InChI is InChI=1S/C22H29N3O2.H2/c1-27-21-12-6-5-11-20(21)25-17-15-24(16-18-25)14-8-7-13-23-22(26)19-9-3-2-4-10-19;/h2-6,9-12H,7-8,13-18H2,1H3,(H,23,26);1H. The van der Waals surface area contributed by atoms with Gasteiger partial charge in [-0.25, -0.2) is 0 Å². The largest absolute Gasteiger partial charge is 0.495 e. The second-order valence-corrected chi connectivity index (χ2v) is 6.83. The van der Waals surface area contributed by atoms with Crippen LogP contribution in [0.1, 0.15) is 24.6 Å². The summed E-state index contributed by atoms with van der Waals surface area (Å²) in [4.78, 5) is 16.9. The average molecular weight is 370 g/mol. The number of methoxy groups -OCH3 is 1. The van der Waals surface area contributed by atoms with E-state index in [0.29, 0.717) is 0 Å². The smallest absolute Gasteiger partial charge is 0.251 e. The summed E-state index contributed by atoms with van der Waals surface area (Å²) in [6, 6.07) is 17.6. The lowest BCUT2D eigenvalue weighted by Gasteiger charge is -2.36. The van der Waals surface area contributed by atoms with Crippen molar-refractivity contribution in [1.82, 2.24) is 10.2 Å². The molecule has 146 valence electrons. The number of amides is 1. The minimum Gasteiger partial charge on any atom is -0.495 e. The van der Waals surface area contributed by atoms with E-state index in [0.717, 1.165) is 63.4 Å². The van der Waals surface area contributed by atoms with E-state index in [9.17, 15) is 4.79 Å². The lowest BCUT2D eigenvalue weighted by atomic mass is 10.2. The molecule has 0 bridgehead atoms. The molecule has 27 heavy (non-hydrogen) atoms. The molecule has 0 aromatic heterocycles. The first kappa shape index (κ1) is 19.2. The Kier molecular flexibility index (Phi) is 7.11. The van der Waals surface area contributed by atoms with Gasteiger partial charge in [0.05, 0.1) is 12.8 Å². The summed E-state index contributed by atoms with van der Waals surface area (Å²) < 4.78 is 5.48. The molecule has 1 fully saturated rings. The number of rotatable bonds is 8. The molecule has 2 aromatic carbocycles. The van der Waals surface area contributed by atoms with Gasteiger partial charge in [-0.05, 0) is 43.7 Å². The topological polar surface area (TPSA) is 44.8 Å². The SMILES string of the molecule is COc1ccccc1N1CCN(CCCCNC(=O)c2ccccc2)CC1.[HH]. The molecule has 0 saturated carbocycles. The molecule has 0 atom stereocenters. The minimum atomic E-state index is 0. The predicted molar refractivity (Wildman–Crippen MR) is 112 cm³/mol. The zero-order valence-electron chi connectivity index (χ0n) is 16.1. The van der Waals surface area contributed by atoms with E-state index in [1.807, 2.05) is 42.5 Å².